The van der Waals surface area contributed by atoms with Gasteiger partial charge in [0.05, 0.1) is 0 Å². The van der Waals surface area contributed by atoms with E-state index in [1.165, 1.54) is 43.8 Å². The fourth-order valence-corrected chi connectivity index (χ4v) is 6.69. The van der Waals surface area contributed by atoms with Gasteiger partial charge in [0.25, 0.3) is 0 Å². The van der Waals surface area contributed by atoms with Crippen molar-refractivity contribution in [3.05, 3.63) is 145 Å². The number of benzene rings is 6. The maximum Gasteiger partial charge on any atom is 0.177 e. The number of hydrogen-bond donors (Lipinski definition) is 0. The van der Waals surface area contributed by atoms with E-state index in [2.05, 4.69) is 133 Å². The molecule has 0 bridgehead atoms. The zero-order valence-corrected chi connectivity index (χ0v) is 21.7. The molecule has 40 heavy (non-hydrogen) atoms. The normalized spacial score (nSPS) is 17.8. The van der Waals surface area contributed by atoms with E-state index in [0.29, 0.717) is 0 Å². The van der Waals surface area contributed by atoms with Gasteiger partial charge < -0.3 is 9.15 Å². The summed E-state index contributed by atoms with van der Waals surface area (Å²) in [5.41, 5.74) is 7.72. The van der Waals surface area contributed by atoms with E-state index in [-0.39, 0.29) is 12.0 Å². The third kappa shape index (κ3) is 3.11. The van der Waals surface area contributed by atoms with Crippen LogP contribution >= 0.6 is 0 Å². The van der Waals surface area contributed by atoms with E-state index in [9.17, 15) is 0 Å². The van der Waals surface area contributed by atoms with E-state index in [1.54, 1.807) is 0 Å². The summed E-state index contributed by atoms with van der Waals surface area (Å²) in [5.74, 6) is 1.05. The van der Waals surface area contributed by atoms with Gasteiger partial charge in [-0.3, -0.25) is 0 Å². The Hall–Kier alpha value is -5.08. The van der Waals surface area contributed by atoms with Crippen LogP contribution in [0.5, 0.6) is 5.75 Å². The van der Waals surface area contributed by atoms with Crippen LogP contribution in [0.25, 0.3) is 60.2 Å². The number of ether oxygens (including phenoxy) is 1. The average molecular weight is 513 g/mol. The summed E-state index contributed by atoms with van der Waals surface area (Å²) in [4.78, 5) is 0. The highest BCUT2D eigenvalue weighted by molar-refractivity contribution is 6.09. The molecule has 0 saturated carbocycles. The van der Waals surface area contributed by atoms with Crippen molar-refractivity contribution in [1.29, 1.82) is 0 Å². The van der Waals surface area contributed by atoms with Crippen LogP contribution in [0.15, 0.2) is 138 Å². The van der Waals surface area contributed by atoms with Crippen LogP contribution in [0, 0.1) is 0 Å². The summed E-state index contributed by atoms with van der Waals surface area (Å²) in [6.07, 6.45) is 6.76. The lowest BCUT2D eigenvalue weighted by molar-refractivity contribution is 0.269. The minimum absolute atomic E-state index is 0.0565. The molecule has 0 saturated heterocycles. The van der Waals surface area contributed by atoms with Gasteiger partial charge in [-0.25, -0.2) is 0 Å². The Morgan fingerprint density at radius 2 is 1.27 bits per heavy atom. The molecule has 2 atom stereocenters. The topological polar surface area (TPSA) is 22.4 Å². The quantitative estimate of drug-likeness (QED) is 0.230. The van der Waals surface area contributed by atoms with Gasteiger partial charge in [-0.1, -0.05) is 109 Å². The van der Waals surface area contributed by atoms with E-state index in [1.807, 2.05) is 0 Å². The molecule has 6 aromatic carbocycles. The predicted octanol–water partition coefficient (Wildman–Crippen LogP) is 10.1. The summed E-state index contributed by atoms with van der Waals surface area (Å²) >= 11 is 0. The smallest absolute Gasteiger partial charge is 0.177 e. The molecule has 1 aliphatic carbocycles. The minimum Gasteiger partial charge on any atom is -0.481 e. The number of furan rings is 1. The first-order valence-corrected chi connectivity index (χ1v) is 13.8. The highest BCUT2D eigenvalue weighted by Gasteiger charge is 2.36. The lowest BCUT2D eigenvalue weighted by Gasteiger charge is -2.19. The molecule has 0 radical (unpaired) electrons. The first-order valence-electron chi connectivity index (χ1n) is 13.8. The van der Waals surface area contributed by atoms with E-state index in [4.69, 9.17) is 9.15 Å². The fourth-order valence-electron chi connectivity index (χ4n) is 6.69. The second kappa shape index (κ2) is 8.21. The molecule has 2 aliphatic rings. The van der Waals surface area contributed by atoms with Gasteiger partial charge in [-0.05, 0) is 68.1 Å². The molecular formula is C38H24O2. The van der Waals surface area contributed by atoms with Crippen LogP contribution in [-0.4, -0.2) is 6.10 Å². The molecule has 9 rings (SSSR count). The minimum atomic E-state index is -0.0565. The third-order valence-corrected chi connectivity index (χ3v) is 8.62. The zero-order chi connectivity index (χ0) is 26.2. The van der Waals surface area contributed by atoms with E-state index in [0.717, 1.165) is 33.3 Å². The molecule has 0 spiro atoms. The summed E-state index contributed by atoms with van der Waals surface area (Å²) in [6, 6.07) is 41.0. The first-order chi connectivity index (χ1) is 19.8. The standard InChI is InChI=1S/C38H24O2/c1-3-11-27-23(7-1)9-5-13-29(27)25-15-17-31-33-19-20-34-32-18-16-26(30-14-6-10-24-8-2-4-12-28(24)30)22-36(32)40-38(34)37(33)39-35(31)21-25/h1-22,31,35H. The third-order valence-electron chi connectivity index (χ3n) is 8.62. The predicted molar refractivity (Wildman–Crippen MR) is 165 cm³/mol. The Morgan fingerprint density at radius 1 is 0.575 bits per heavy atom. The summed E-state index contributed by atoms with van der Waals surface area (Å²) in [5, 5.41) is 7.20. The number of hydrogen-bond acceptors (Lipinski definition) is 2. The SMILES string of the molecule is C1=CC2c3ccc4c(oc5cc(-c6cccc7ccccc67)ccc54)c3OC2C=C1c1cccc2ccccc12. The van der Waals surface area contributed by atoms with Crippen LogP contribution < -0.4 is 4.74 Å². The van der Waals surface area contributed by atoms with Gasteiger partial charge in [0.1, 0.15) is 11.7 Å². The lowest BCUT2D eigenvalue weighted by Crippen LogP contribution is -2.17. The summed E-state index contributed by atoms with van der Waals surface area (Å²) in [7, 11) is 0. The Labute approximate surface area is 231 Å². The number of rotatable bonds is 2. The Balaban J connectivity index is 1.14. The maximum atomic E-state index is 6.67. The number of fused-ring (bicyclic) bond motifs is 9. The molecule has 0 fully saturated rings. The van der Waals surface area contributed by atoms with Gasteiger partial charge in [-0.15, -0.1) is 0 Å². The van der Waals surface area contributed by atoms with Crippen molar-refractivity contribution in [2.24, 2.45) is 0 Å². The second-order valence-electron chi connectivity index (χ2n) is 10.8. The monoisotopic (exact) mass is 512 g/mol. The van der Waals surface area contributed by atoms with Crippen molar-refractivity contribution in [3.8, 4) is 16.9 Å². The van der Waals surface area contributed by atoms with Gasteiger partial charge in [0.2, 0.25) is 0 Å². The van der Waals surface area contributed by atoms with E-state index < -0.39 is 0 Å². The Bertz CT molecular complexity index is 2200. The lowest BCUT2D eigenvalue weighted by atomic mass is 9.86. The molecule has 1 aromatic heterocycles. The van der Waals surface area contributed by atoms with Crippen LogP contribution in [0.2, 0.25) is 0 Å². The van der Waals surface area contributed by atoms with Crippen molar-refractivity contribution >= 4 is 49.1 Å². The molecule has 188 valence electrons. The van der Waals surface area contributed by atoms with Crippen molar-refractivity contribution in [2.75, 3.05) is 0 Å². The second-order valence-corrected chi connectivity index (χ2v) is 10.8. The molecule has 2 heteroatoms. The highest BCUT2D eigenvalue weighted by atomic mass is 16.5. The van der Waals surface area contributed by atoms with Crippen molar-refractivity contribution < 1.29 is 9.15 Å². The van der Waals surface area contributed by atoms with Gasteiger partial charge in [0, 0.05) is 22.3 Å². The molecular weight excluding hydrogens is 488 g/mol. The molecule has 2 heterocycles. The van der Waals surface area contributed by atoms with Crippen molar-refractivity contribution in [1.82, 2.24) is 0 Å². The maximum absolute atomic E-state index is 6.67. The van der Waals surface area contributed by atoms with Crippen LogP contribution in [-0.2, 0) is 0 Å². The highest BCUT2D eigenvalue weighted by Crippen LogP contribution is 2.49. The fraction of sp³-hybridized carbons (Fsp3) is 0.0526. The molecule has 0 N–H and O–H groups in total. The number of allylic oxidation sites excluding steroid dienone is 2. The van der Waals surface area contributed by atoms with Crippen LogP contribution in [0.1, 0.15) is 17.0 Å². The average Bonchev–Trinajstić information content (AvgIpc) is 3.58. The van der Waals surface area contributed by atoms with Gasteiger partial charge in [-0.2, -0.15) is 0 Å². The zero-order valence-electron chi connectivity index (χ0n) is 21.7. The Morgan fingerprint density at radius 3 is 2.10 bits per heavy atom. The first kappa shape index (κ1) is 21.8. The Kier molecular flexibility index (Phi) is 4.48. The molecule has 7 aromatic rings. The van der Waals surface area contributed by atoms with Gasteiger partial charge in [0.15, 0.2) is 11.3 Å². The van der Waals surface area contributed by atoms with Gasteiger partial charge >= 0.3 is 0 Å². The van der Waals surface area contributed by atoms with E-state index >= 15 is 0 Å². The molecule has 1 aliphatic heterocycles. The molecule has 0 amide bonds. The van der Waals surface area contributed by atoms with Crippen molar-refractivity contribution in [2.45, 2.75) is 12.0 Å². The van der Waals surface area contributed by atoms with Crippen LogP contribution in [0.4, 0.5) is 0 Å². The summed E-state index contributed by atoms with van der Waals surface area (Å²) < 4.78 is 13.2. The summed E-state index contributed by atoms with van der Waals surface area (Å²) in [6.45, 7) is 0. The molecule has 2 unspecified atom stereocenters. The van der Waals surface area contributed by atoms with Crippen molar-refractivity contribution in [3.63, 3.8) is 0 Å². The molecule has 2 nitrogen and oxygen atoms in total. The largest absolute Gasteiger partial charge is 0.481 e. The van der Waals surface area contributed by atoms with Crippen LogP contribution in [0.3, 0.4) is 0 Å².